The van der Waals surface area contributed by atoms with Gasteiger partial charge in [-0.2, -0.15) is 0 Å². The summed E-state index contributed by atoms with van der Waals surface area (Å²) in [7, 11) is 0. The molecule has 0 radical (unpaired) electrons. The molecule has 0 saturated carbocycles. The van der Waals surface area contributed by atoms with E-state index in [2.05, 4.69) is 0 Å². The van der Waals surface area contributed by atoms with Crippen LogP contribution in [0.2, 0.25) is 0 Å². The van der Waals surface area contributed by atoms with Crippen LogP contribution < -0.4 is 4.74 Å². The molecule has 1 aliphatic heterocycles. The Kier molecular flexibility index (Phi) is 6.48. The predicted molar refractivity (Wildman–Crippen MR) is 88.5 cm³/mol. The molecule has 1 saturated heterocycles. The quantitative estimate of drug-likeness (QED) is 0.333. The number of nitro benzene ring substituents is 1. The molecule has 140 valence electrons. The van der Waals surface area contributed by atoms with Crippen LogP contribution in [0.25, 0.3) is 0 Å². The van der Waals surface area contributed by atoms with Gasteiger partial charge in [-0.3, -0.25) is 19.7 Å². The van der Waals surface area contributed by atoms with Crippen LogP contribution in [-0.4, -0.2) is 65.5 Å². The van der Waals surface area contributed by atoms with E-state index in [-0.39, 0.29) is 56.6 Å². The molecule has 1 heterocycles. The van der Waals surface area contributed by atoms with Crippen molar-refractivity contribution in [1.82, 2.24) is 9.80 Å². The molecule has 2 rings (SSSR count). The second kappa shape index (κ2) is 8.79. The first-order chi connectivity index (χ1) is 12.4. The summed E-state index contributed by atoms with van der Waals surface area (Å²) in [6.07, 6.45) is -0.919. The number of nitrogens with zero attached hydrogens (tertiary/aromatic N) is 3. The van der Waals surface area contributed by atoms with Gasteiger partial charge in [-0.15, -0.1) is 0 Å². The number of amides is 2. The van der Waals surface area contributed by atoms with E-state index in [4.69, 9.17) is 9.47 Å². The summed E-state index contributed by atoms with van der Waals surface area (Å²) in [5.41, 5.74) is -0.0986. The number of benzene rings is 1. The van der Waals surface area contributed by atoms with Gasteiger partial charge in [-0.1, -0.05) is 0 Å². The van der Waals surface area contributed by atoms with Crippen molar-refractivity contribution in [3.8, 4) is 5.75 Å². The summed E-state index contributed by atoms with van der Waals surface area (Å²) in [4.78, 5) is 48.4. The molecule has 0 atom stereocenters. The van der Waals surface area contributed by atoms with E-state index < -0.39 is 17.0 Å². The maximum absolute atomic E-state index is 12.1. The van der Waals surface area contributed by atoms with Crippen LogP contribution in [-0.2, 0) is 14.3 Å². The second-order valence-electron chi connectivity index (χ2n) is 5.47. The fourth-order valence-corrected chi connectivity index (χ4v) is 2.39. The van der Waals surface area contributed by atoms with Crippen LogP contribution in [0.15, 0.2) is 24.3 Å². The Morgan fingerprint density at radius 3 is 2.19 bits per heavy atom. The molecule has 0 aliphatic carbocycles. The Morgan fingerprint density at radius 1 is 1.08 bits per heavy atom. The van der Waals surface area contributed by atoms with Gasteiger partial charge in [0, 0.05) is 38.3 Å². The summed E-state index contributed by atoms with van der Waals surface area (Å²) >= 11 is 0. The van der Waals surface area contributed by atoms with E-state index in [0.29, 0.717) is 0 Å². The first-order valence-electron chi connectivity index (χ1n) is 8.05. The normalized spacial score (nSPS) is 13.9. The van der Waals surface area contributed by atoms with Gasteiger partial charge in [0.2, 0.25) is 5.91 Å². The zero-order valence-corrected chi connectivity index (χ0v) is 14.3. The molecule has 0 N–H and O–H groups in total. The average Bonchev–Trinajstić information content (AvgIpc) is 2.62. The maximum atomic E-state index is 12.1. The molecule has 1 aliphatic rings. The van der Waals surface area contributed by atoms with Gasteiger partial charge in [-0.25, -0.2) is 4.79 Å². The predicted octanol–water partition coefficient (Wildman–Crippen LogP) is 1.19. The van der Waals surface area contributed by atoms with Gasteiger partial charge in [0.15, 0.2) is 0 Å². The highest BCUT2D eigenvalue weighted by molar-refractivity contribution is 5.94. The largest absolute Gasteiger partial charge is 0.466 e. The van der Waals surface area contributed by atoms with E-state index in [0.717, 1.165) is 0 Å². The SMILES string of the molecule is CCOC(=O)CC(=O)N1CCN(C(=O)Oc2ccc([N+](=O)[O-])cc2)CC1. The Balaban J connectivity index is 1.81. The Labute approximate surface area is 149 Å². The van der Waals surface area contributed by atoms with Crippen molar-refractivity contribution in [3.05, 3.63) is 34.4 Å². The van der Waals surface area contributed by atoms with Crippen LogP contribution in [0.4, 0.5) is 10.5 Å². The van der Waals surface area contributed by atoms with E-state index in [9.17, 15) is 24.5 Å². The minimum Gasteiger partial charge on any atom is -0.466 e. The fourth-order valence-electron chi connectivity index (χ4n) is 2.39. The van der Waals surface area contributed by atoms with Gasteiger partial charge >= 0.3 is 12.1 Å². The highest BCUT2D eigenvalue weighted by atomic mass is 16.6. The monoisotopic (exact) mass is 365 g/mol. The first kappa shape index (κ1) is 19.2. The van der Waals surface area contributed by atoms with Gasteiger partial charge in [0.25, 0.3) is 5.69 Å². The topological polar surface area (TPSA) is 119 Å². The van der Waals surface area contributed by atoms with E-state index in [1.807, 2.05) is 0 Å². The molecule has 10 heteroatoms. The van der Waals surface area contributed by atoms with Gasteiger partial charge in [0.1, 0.15) is 12.2 Å². The lowest BCUT2D eigenvalue weighted by atomic mass is 10.3. The molecule has 0 aromatic heterocycles. The van der Waals surface area contributed by atoms with Gasteiger partial charge in [-0.05, 0) is 19.1 Å². The third kappa shape index (κ3) is 5.16. The smallest absolute Gasteiger partial charge is 0.415 e. The van der Waals surface area contributed by atoms with Crippen LogP contribution >= 0.6 is 0 Å². The van der Waals surface area contributed by atoms with Crippen molar-refractivity contribution in [2.45, 2.75) is 13.3 Å². The van der Waals surface area contributed by atoms with E-state index >= 15 is 0 Å². The van der Waals surface area contributed by atoms with E-state index in [1.165, 1.54) is 34.1 Å². The van der Waals surface area contributed by atoms with Gasteiger partial charge < -0.3 is 19.3 Å². The molecule has 10 nitrogen and oxygen atoms in total. The number of piperazine rings is 1. The lowest BCUT2D eigenvalue weighted by Gasteiger charge is -2.33. The molecule has 0 bridgehead atoms. The lowest BCUT2D eigenvalue weighted by Crippen LogP contribution is -2.51. The Bertz CT molecular complexity index is 682. The third-order valence-electron chi connectivity index (χ3n) is 3.74. The van der Waals surface area contributed by atoms with Crippen molar-refractivity contribution >= 4 is 23.7 Å². The summed E-state index contributed by atoms with van der Waals surface area (Å²) in [5.74, 6) is -0.717. The summed E-state index contributed by atoms with van der Waals surface area (Å²) in [6.45, 7) is 2.98. The number of carbonyl (C=O) groups excluding carboxylic acids is 3. The van der Waals surface area contributed by atoms with Crippen LogP contribution in [0.5, 0.6) is 5.75 Å². The number of non-ortho nitro benzene ring substituents is 1. The molecule has 0 unspecified atom stereocenters. The molecule has 0 spiro atoms. The van der Waals surface area contributed by atoms with Crippen molar-refractivity contribution in [1.29, 1.82) is 0 Å². The minimum atomic E-state index is -0.601. The first-order valence-corrected chi connectivity index (χ1v) is 8.05. The third-order valence-corrected chi connectivity index (χ3v) is 3.74. The molecular formula is C16H19N3O7. The molecular weight excluding hydrogens is 346 g/mol. The summed E-state index contributed by atoms with van der Waals surface area (Å²) in [5, 5.41) is 10.6. The number of carbonyl (C=O) groups is 3. The van der Waals surface area contributed by atoms with E-state index in [1.54, 1.807) is 6.92 Å². The van der Waals surface area contributed by atoms with Crippen LogP contribution in [0.1, 0.15) is 13.3 Å². The second-order valence-corrected chi connectivity index (χ2v) is 5.47. The highest BCUT2D eigenvalue weighted by Crippen LogP contribution is 2.18. The number of rotatable bonds is 5. The zero-order chi connectivity index (χ0) is 19.1. The van der Waals surface area contributed by atoms with Gasteiger partial charge in [0.05, 0.1) is 11.5 Å². The average molecular weight is 365 g/mol. The number of nitro groups is 1. The zero-order valence-electron chi connectivity index (χ0n) is 14.3. The Hall–Kier alpha value is -3.17. The fraction of sp³-hybridized carbons (Fsp3) is 0.438. The highest BCUT2D eigenvalue weighted by Gasteiger charge is 2.26. The van der Waals surface area contributed by atoms with Crippen molar-refractivity contribution in [3.63, 3.8) is 0 Å². The van der Waals surface area contributed by atoms with Crippen molar-refractivity contribution < 1.29 is 28.8 Å². The Morgan fingerprint density at radius 2 is 1.65 bits per heavy atom. The molecule has 1 fully saturated rings. The minimum absolute atomic E-state index is 0.0986. The van der Waals surface area contributed by atoms with Crippen LogP contribution in [0, 0.1) is 10.1 Å². The number of hydrogen-bond donors (Lipinski definition) is 0. The number of ether oxygens (including phenoxy) is 2. The molecule has 2 amide bonds. The number of hydrogen-bond acceptors (Lipinski definition) is 7. The summed E-state index contributed by atoms with van der Waals surface area (Å²) in [6, 6.07) is 5.17. The molecule has 1 aromatic carbocycles. The standard InChI is InChI=1S/C16H19N3O7/c1-2-25-15(21)11-14(20)17-7-9-18(10-8-17)16(22)26-13-5-3-12(4-6-13)19(23)24/h3-6H,2,7-11H2,1H3. The lowest BCUT2D eigenvalue weighted by molar-refractivity contribution is -0.384. The summed E-state index contributed by atoms with van der Waals surface area (Å²) < 4.78 is 9.91. The van der Waals surface area contributed by atoms with Crippen LogP contribution in [0.3, 0.4) is 0 Å². The number of esters is 1. The van der Waals surface area contributed by atoms with Crippen molar-refractivity contribution in [2.75, 3.05) is 32.8 Å². The molecule has 26 heavy (non-hydrogen) atoms. The molecule has 1 aromatic rings. The van der Waals surface area contributed by atoms with Crippen molar-refractivity contribution in [2.24, 2.45) is 0 Å². The maximum Gasteiger partial charge on any atom is 0.415 e.